The first kappa shape index (κ1) is 19.1. The Kier molecular flexibility index (Phi) is 4.98. The summed E-state index contributed by atoms with van der Waals surface area (Å²) >= 11 is 0. The first-order valence-electron chi connectivity index (χ1n) is 9.26. The molecule has 4 rings (SSSR count). The Hall–Kier alpha value is -2.24. The molecule has 2 saturated heterocycles. The van der Waals surface area contributed by atoms with Crippen LogP contribution in [0, 0.1) is 5.41 Å². The van der Waals surface area contributed by atoms with Gasteiger partial charge in [0.05, 0.1) is 25.2 Å². The predicted octanol–water partition coefficient (Wildman–Crippen LogP) is 0.910. The van der Waals surface area contributed by atoms with E-state index in [1.54, 1.807) is 12.3 Å². The van der Waals surface area contributed by atoms with E-state index in [4.69, 9.17) is 4.74 Å². The molecule has 0 radical (unpaired) electrons. The summed E-state index contributed by atoms with van der Waals surface area (Å²) in [6, 6.07) is 1.09. The molecule has 0 unspecified atom stereocenters. The van der Waals surface area contributed by atoms with Crippen LogP contribution >= 0.6 is 0 Å². The molecule has 10 nitrogen and oxygen atoms in total. The number of ether oxygens (including phenoxy) is 1. The highest BCUT2D eigenvalue weighted by Crippen LogP contribution is 2.30. The molecule has 0 aromatic carbocycles. The van der Waals surface area contributed by atoms with Crippen LogP contribution in [0.15, 0.2) is 18.5 Å². The van der Waals surface area contributed by atoms with Crippen LogP contribution in [0.1, 0.15) is 19.8 Å². The summed E-state index contributed by atoms with van der Waals surface area (Å²) in [5, 5.41) is 5.50. The van der Waals surface area contributed by atoms with Crippen molar-refractivity contribution in [1.29, 1.82) is 0 Å². The van der Waals surface area contributed by atoms with Crippen LogP contribution in [0.4, 0.5) is 10.6 Å². The van der Waals surface area contributed by atoms with Crippen molar-refractivity contribution in [3.63, 3.8) is 0 Å². The van der Waals surface area contributed by atoms with Gasteiger partial charge >= 0.3 is 6.03 Å². The van der Waals surface area contributed by atoms with Crippen LogP contribution < -0.4 is 10.6 Å². The number of carbonyl (C=O) groups excluding carboxylic acids is 1. The maximum atomic E-state index is 12.7. The van der Waals surface area contributed by atoms with Crippen molar-refractivity contribution in [1.82, 2.24) is 24.6 Å². The molecule has 2 fully saturated rings. The third kappa shape index (κ3) is 4.10. The van der Waals surface area contributed by atoms with E-state index in [0.717, 1.165) is 6.42 Å². The number of rotatable bonds is 5. The summed E-state index contributed by atoms with van der Waals surface area (Å²) in [6.07, 6.45) is 4.62. The fourth-order valence-electron chi connectivity index (χ4n) is 3.61. The number of hydrogen-bond acceptors (Lipinski definition) is 6. The average molecular weight is 408 g/mol. The Morgan fingerprint density at radius 3 is 3.04 bits per heavy atom. The molecule has 2 aromatic rings. The molecule has 0 aliphatic carbocycles. The minimum atomic E-state index is -3.39. The summed E-state index contributed by atoms with van der Waals surface area (Å²) in [7, 11) is -3.39. The van der Waals surface area contributed by atoms with Crippen LogP contribution in [-0.4, -0.2) is 71.8 Å². The molecule has 2 aliphatic rings. The van der Waals surface area contributed by atoms with Crippen molar-refractivity contribution in [3.8, 4) is 0 Å². The monoisotopic (exact) mass is 408 g/mol. The highest BCUT2D eigenvalue weighted by molar-refractivity contribution is 7.89. The van der Waals surface area contributed by atoms with E-state index in [1.807, 2.05) is 6.92 Å². The average Bonchev–Trinajstić information content (AvgIpc) is 3.08. The Morgan fingerprint density at radius 1 is 1.46 bits per heavy atom. The summed E-state index contributed by atoms with van der Waals surface area (Å²) in [5.41, 5.74) is 0.984. The lowest BCUT2D eigenvalue weighted by Crippen LogP contribution is -2.54. The van der Waals surface area contributed by atoms with Crippen molar-refractivity contribution in [3.05, 3.63) is 18.5 Å². The largest absolute Gasteiger partial charge is 0.380 e. The summed E-state index contributed by atoms with van der Waals surface area (Å²) < 4.78 is 32.1. The number of sulfonamides is 1. The normalized spacial score (nSPS) is 22.5. The Labute approximate surface area is 163 Å². The zero-order chi connectivity index (χ0) is 19.8. The SMILES string of the molecule is CC1(CS(=O)(=O)N2CCC[C@H](NC(=O)Nc3cnc4[nH]ccc4n3)C2)COC1. The van der Waals surface area contributed by atoms with Crippen molar-refractivity contribution in [2.75, 3.05) is 37.4 Å². The van der Waals surface area contributed by atoms with Gasteiger partial charge in [0.25, 0.3) is 0 Å². The van der Waals surface area contributed by atoms with Gasteiger partial charge in [0.1, 0.15) is 5.52 Å². The van der Waals surface area contributed by atoms with Gasteiger partial charge < -0.3 is 15.0 Å². The number of anilines is 1. The van der Waals surface area contributed by atoms with Gasteiger partial charge in [0, 0.05) is 30.7 Å². The molecular weight excluding hydrogens is 384 g/mol. The minimum Gasteiger partial charge on any atom is -0.380 e. The number of fused-ring (bicyclic) bond motifs is 1. The van der Waals surface area contributed by atoms with Crippen LogP contribution in [0.2, 0.25) is 0 Å². The molecule has 2 amide bonds. The van der Waals surface area contributed by atoms with E-state index in [2.05, 4.69) is 25.6 Å². The molecular formula is C17H24N6O4S. The second kappa shape index (κ2) is 7.30. The standard InChI is InChI=1S/C17H24N6O4S/c1-17(9-27-10-17)11-28(25,26)23-6-2-3-12(8-23)20-16(24)22-14-7-19-15-13(21-14)4-5-18-15/h4-5,7,12H,2-3,6,8-11H2,1H3,(H,18,19)(H2,20,21,22,24)/t12-/m0/s1. The fourth-order valence-corrected chi connectivity index (χ4v) is 5.65. The van der Waals surface area contributed by atoms with E-state index in [1.165, 1.54) is 10.5 Å². The number of carbonyl (C=O) groups is 1. The topological polar surface area (TPSA) is 129 Å². The van der Waals surface area contributed by atoms with Crippen molar-refractivity contribution in [2.45, 2.75) is 25.8 Å². The zero-order valence-corrected chi connectivity index (χ0v) is 16.5. The number of H-pyrrole nitrogens is 1. The van der Waals surface area contributed by atoms with E-state index >= 15 is 0 Å². The number of urea groups is 1. The number of nitrogens with one attached hydrogen (secondary N) is 3. The smallest absolute Gasteiger partial charge is 0.320 e. The van der Waals surface area contributed by atoms with Gasteiger partial charge in [-0.05, 0) is 18.9 Å². The molecule has 0 spiro atoms. The van der Waals surface area contributed by atoms with Crippen LogP contribution in [0.5, 0.6) is 0 Å². The maximum absolute atomic E-state index is 12.7. The van der Waals surface area contributed by atoms with Gasteiger partial charge in [-0.1, -0.05) is 6.92 Å². The molecule has 3 N–H and O–H groups in total. The third-order valence-electron chi connectivity index (χ3n) is 5.05. The van der Waals surface area contributed by atoms with Crippen LogP contribution in [-0.2, 0) is 14.8 Å². The number of aromatic amines is 1. The van der Waals surface area contributed by atoms with E-state index in [9.17, 15) is 13.2 Å². The fraction of sp³-hybridized carbons (Fsp3) is 0.588. The van der Waals surface area contributed by atoms with Gasteiger partial charge in [-0.25, -0.2) is 23.2 Å². The third-order valence-corrected chi connectivity index (χ3v) is 7.23. The maximum Gasteiger partial charge on any atom is 0.320 e. The van der Waals surface area contributed by atoms with Crippen LogP contribution in [0.25, 0.3) is 11.2 Å². The Balaban J connectivity index is 1.34. The molecule has 0 saturated carbocycles. The summed E-state index contributed by atoms with van der Waals surface area (Å²) in [5.74, 6) is 0.411. The molecule has 4 heterocycles. The van der Waals surface area contributed by atoms with Crippen molar-refractivity contribution in [2.24, 2.45) is 5.41 Å². The molecule has 0 bridgehead atoms. The molecule has 2 aromatic heterocycles. The van der Waals surface area contributed by atoms with Gasteiger partial charge in [-0.3, -0.25) is 5.32 Å². The van der Waals surface area contributed by atoms with Crippen molar-refractivity contribution < 1.29 is 17.9 Å². The number of hydrogen-bond donors (Lipinski definition) is 3. The van der Waals surface area contributed by atoms with Gasteiger partial charge in [0.15, 0.2) is 11.5 Å². The second-order valence-corrected chi connectivity index (χ2v) is 9.79. The van der Waals surface area contributed by atoms with Gasteiger partial charge in [-0.15, -0.1) is 0 Å². The number of amides is 2. The highest BCUT2D eigenvalue weighted by Gasteiger charge is 2.41. The van der Waals surface area contributed by atoms with E-state index in [-0.39, 0.29) is 23.8 Å². The quantitative estimate of drug-likeness (QED) is 0.674. The first-order chi connectivity index (χ1) is 13.3. The molecule has 2 aliphatic heterocycles. The first-order valence-corrected chi connectivity index (χ1v) is 10.9. The number of piperidine rings is 1. The van der Waals surface area contributed by atoms with Crippen LogP contribution in [0.3, 0.4) is 0 Å². The highest BCUT2D eigenvalue weighted by atomic mass is 32.2. The minimum absolute atomic E-state index is 0.0746. The predicted molar refractivity (Wildman–Crippen MR) is 103 cm³/mol. The Morgan fingerprint density at radius 2 is 2.29 bits per heavy atom. The molecule has 152 valence electrons. The molecule has 1 atom stereocenters. The summed E-state index contributed by atoms with van der Waals surface area (Å²) in [6.45, 7) is 3.61. The zero-order valence-electron chi connectivity index (χ0n) is 15.6. The molecule has 28 heavy (non-hydrogen) atoms. The van der Waals surface area contributed by atoms with Crippen molar-refractivity contribution >= 4 is 33.0 Å². The van der Waals surface area contributed by atoms with E-state index < -0.39 is 16.1 Å². The lowest BCUT2D eigenvalue weighted by molar-refractivity contribution is -0.0874. The summed E-state index contributed by atoms with van der Waals surface area (Å²) in [4.78, 5) is 23.7. The molecule has 11 heteroatoms. The number of aromatic nitrogens is 3. The van der Waals surface area contributed by atoms with Gasteiger partial charge in [-0.2, -0.15) is 4.31 Å². The lowest BCUT2D eigenvalue weighted by atomic mass is 9.92. The van der Waals surface area contributed by atoms with Gasteiger partial charge in [0.2, 0.25) is 10.0 Å². The lowest BCUT2D eigenvalue weighted by Gasteiger charge is -2.40. The van der Waals surface area contributed by atoms with E-state index in [0.29, 0.717) is 43.2 Å². The Bertz CT molecular complexity index is 971. The number of nitrogens with zero attached hydrogens (tertiary/aromatic N) is 3. The second-order valence-electron chi connectivity index (χ2n) is 7.82.